The average Bonchev–Trinajstić information content (AvgIpc) is 2.46. The first-order valence-corrected chi connectivity index (χ1v) is 5.97. The number of carbonyl (C=O) groups is 2. The Kier molecular flexibility index (Phi) is 6.09. The lowest BCUT2D eigenvalue weighted by Crippen LogP contribution is -2.10. The molecule has 0 heterocycles. The quantitative estimate of drug-likeness (QED) is 0.489. The molecule has 20 heavy (non-hydrogen) atoms. The molecule has 0 aliphatic rings. The molecule has 0 aliphatic heterocycles. The standard InChI is InChI=1S/C14H17NO5/c1-4-20-6-5-13(16)15-11-7-10(14(17)19-3)8-12(9-11)18-2/h5-9H,4H2,1-3H3,(H,15,16). The second-order valence-corrected chi connectivity index (χ2v) is 3.69. The van der Waals surface area contributed by atoms with Gasteiger partial charge in [0.05, 0.1) is 32.7 Å². The van der Waals surface area contributed by atoms with Gasteiger partial charge in [-0.15, -0.1) is 0 Å². The molecule has 1 aromatic rings. The van der Waals surface area contributed by atoms with E-state index in [2.05, 4.69) is 10.1 Å². The highest BCUT2D eigenvalue weighted by Crippen LogP contribution is 2.21. The molecule has 0 atom stereocenters. The molecule has 0 aliphatic carbocycles. The second-order valence-electron chi connectivity index (χ2n) is 3.69. The summed E-state index contributed by atoms with van der Waals surface area (Å²) in [6, 6.07) is 4.62. The maximum atomic E-state index is 11.6. The van der Waals surface area contributed by atoms with Crippen LogP contribution in [0.15, 0.2) is 30.5 Å². The monoisotopic (exact) mass is 279 g/mol. The van der Waals surface area contributed by atoms with Crippen LogP contribution >= 0.6 is 0 Å². The van der Waals surface area contributed by atoms with Crippen molar-refractivity contribution in [3.63, 3.8) is 0 Å². The van der Waals surface area contributed by atoms with Crippen molar-refractivity contribution in [1.82, 2.24) is 0 Å². The summed E-state index contributed by atoms with van der Waals surface area (Å²) < 4.78 is 14.6. The average molecular weight is 279 g/mol. The summed E-state index contributed by atoms with van der Waals surface area (Å²) in [5, 5.41) is 2.60. The number of hydrogen-bond donors (Lipinski definition) is 1. The van der Waals surface area contributed by atoms with Crippen LogP contribution in [0.25, 0.3) is 0 Å². The Hall–Kier alpha value is -2.50. The number of amides is 1. The van der Waals surface area contributed by atoms with Gasteiger partial charge >= 0.3 is 5.97 Å². The lowest BCUT2D eigenvalue weighted by molar-refractivity contribution is -0.112. The number of ether oxygens (including phenoxy) is 3. The molecule has 1 amide bonds. The highest BCUT2D eigenvalue weighted by molar-refractivity contribution is 6.00. The first kappa shape index (κ1) is 15.6. The van der Waals surface area contributed by atoms with Crippen LogP contribution in [0.1, 0.15) is 17.3 Å². The summed E-state index contributed by atoms with van der Waals surface area (Å²) in [4.78, 5) is 23.1. The zero-order valence-corrected chi connectivity index (χ0v) is 11.6. The molecule has 1 aromatic carbocycles. The van der Waals surface area contributed by atoms with Crippen LogP contribution in [-0.2, 0) is 14.3 Å². The van der Waals surface area contributed by atoms with Gasteiger partial charge in [0.25, 0.3) is 5.91 Å². The van der Waals surface area contributed by atoms with E-state index in [4.69, 9.17) is 9.47 Å². The van der Waals surface area contributed by atoms with E-state index in [-0.39, 0.29) is 11.5 Å². The molecule has 0 radical (unpaired) electrons. The second kappa shape index (κ2) is 7.83. The molecule has 0 unspecified atom stereocenters. The van der Waals surface area contributed by atoms with Crippen LogP contribution in [0.5, 0.6) is 5.75 Å². The van der Waals surface area contributed by atoms with E-state index in [0.717, 1.165) is 0 Å². The summed E-state index contributed by atoms with van der Waals surface area (Å²) in [5.74, 6) is -0.441. The van der Waals surface area contributed by atoms with Crippen molar-refractivity contribution in [2.24, 2.45) is 0 Å². The predicted molar refractivity (Wildman–Crippen MR) is 73.7 cm³/mol. The van der Waals surface area contributed by atoms with E-state index in [1.165, 1.54) is 38.7 Å². The molecular formula is C14H17NO5. The fourth-order valence-corrected chi connectivity index (χ4v) is 1.41. The molecule has 6 nitrogen and oxygen atoms in total. The normalized spacial score (nSPS) is 10.2. The maximum absolute atomic E-state index is 11.6. The summed E-state index contributed by atoms with van der Waals surface area (Å²) >= 11 is 0. The summed E-state index contributed by atoms with van der Waals surface area (Å²) in [6.07, 6.45) is 2.55. The molecule has 0 bridgehead atoms. The Balaban J connectivity index is 2.88. The fourth-order valence-electron chi connectivity index (χ4n) is 1.41. The molecule has 0 fully saturated rings. The van der Waals surface area contributed by atoms with Gasteiger partial charge in [0.1, 0.15) is 5.75 Å². The maximum Gasteiger partial charge on any atom is 0.338 e. The third kappa shape index (κ3) is 4.64. The van der Waals surface area contributed by atoms with Crippen molar-refractivity contribution in [1.29, 1.82) is 0 Å². The topological polar surface area (TPSA) is 73.9 Å². The minimum absolute atomic E-state index is 0.288. The zero-order chi connectivity index (χ0) is 15.0. The Bertz CT molecular complexity index is 510. The number of carbonyl (C=O) groups excluding carboxylic acids is 2. The number of esters is 1. The first-order valence-electron chi connectivity index (χ1n) is 5.97. The van der Waals surface area contributed by atoms with Gasteiger partial charge in [-0.25, -0.2) is 4.79 Å². The minimum atomic E-state index is -0.510. The van der Waals surface area contributed by atoms with E-state index in [0.29, 0.717) is 18.0 Å². The third-order valence-electron chi connectivity index (χ3n) is 2.31. The van der Waals surface area contributed by atoms with Crippen molar-refractivity contribution in [2.75, 3.05) is 26.1 Å². The van der Waals surface area contributed by atoms with E-state index in [1.54, 1.807) is 6.07 Å². The molecule has 0 aromatic heterocycles. The van der Waals surface area contributed by atoms with Gasteiger partial charge in [0.2, 0.25) is 0 Å². The fraction of sp³-hybridized carbons (Fsp3) is 0.286. The Morgan fingerprint density at radius 2 is 2.00 bits per heavy atom. The number of nitrogens with one attached hydrogen (secondary N) is 1. The van der Waals surface area contributed by atoms with Crippen LogP contribution < -0.4 is 10.1 Å². The van der Waals surface area contributed by atoms with E-state index in [9.17, 15) is 9.59 Å². The number of benzene rings is 1. The van der Waals surface area contributed by atoms with Crippen LogP contribution in [-0.4, -0.2) is 32.7 Å². The highest BCUT2D eigenvalue weighted by atomic mass is 16.5. The van der Waals surface area contributed by atoms with Gasteiger partial charge in [0.15, 0.2) is 0 Å². The molecule has 6 heteroatoms. The van der Waals surface area contributed by atoms with Gasteiger partial charge in [0, 0.05) is 17.8 Å². The van der Waals surface area contributed by atoms with Crippen molar-refractivity contribution in [3.8, 4) is 5.75 Å². The number of anilines is 1. The van der Waals surface area contributed by atoms with Gasteiger partial charge in [-0.3, -0.25) is 4.79 Å². The molecule has 108 valence electrons. The molecule has 0 spiro atoms. The highest BCUT2D eigenvalue weighted by Gasteiger charge is 2.10. The number of hydrogen-bond acceptors (Lipinski definition) is 5. The predicted octanol–water partition coefficient (Wildman–Crippen LogP) is 1.97. The Labute approximate surface area is 117 Å². The van der Waals surface area contributed by atoms with Gasteiger partial charge in [-0.2, -0.15) is 0 Å². The molecule has 0 saturated heterocycles. The summed E-state index contributed by atoms with van der Waals surface area (Å²) in [6.45, 7) is 2.29. The Morgan fingerprint density at radius 1 is 1.25 bits per heavy atom. The van der Waals surface area contributed by atoms with Crippen molar-refractivity contribution >= 4 is 17.6 Å². The smallest absolute Gasteiger partial charge is 0.338 e. The van der Waals surface area contributed by atoms with Gasteiger partial charge in [-0.05, 0) is 19.1 Å². The van der Waals surface area contributed by atoms with Crippen molar-refractivity contribution < 1.29 is 23.8 Å². The lowest BCUT2D eigenvalue weighted by atomic mass is 10.2. The number of rotatable bonds is 6. The third-order valence-corrected chi connectivity index (χ3v) is 2.31. The molecule has 0 saturated carbocycles. The van der Waals surface area contributed by atoms with Gasteiger partial charge < -0.3 is 19.5 Å². The zero-order valence-electron chi connectivity index (χ0n) is 11.6. The summed E-state index contributed by atoms with van der Waals surface area (Å²) in [5.41, 5.74) is 0.715. The first-order chi connectivity index (χ1) is 9.60. The molecular weight excluding hydrogens is 262 g/mol. The van der Waals surface area contributed by atoms with Crippen molar-refractivity contribution in [2.45, 2.75) is 6.92 Å². The lowest BCUT2D eigenvalue weighted by Gasteiger charge is -2.08. The number of methoxy groups -OCH3 is 2. The Morgan fingerprint density at radius 3 is 2.60 bits per heavy atom. The van der Waals surface area contributed by atoms with E-state index in [1.807, 2.05) is 6.92 Å². The SMILES string of the molecule is CCOC=CC(=O)Nc1cc(OC)cc(C(=O)OC)c1. The molecule has 1 rings (SSSR count). The summed E-state index contributed by atoms with van der Waals surface area (Å²) in [7, 11) is 2.75. The van der Waals surface area contributed by atoms with Crippen LogP contribution in [0.4, 0.5) is 5.69 Å². The van der Waals surface area contributed by atoms with Crippen molar-refractivity contribution in [3.05, 3.63) is 36.1 Å². The van der Waals surface area contributed by atoms with E-state index >= 15 is 0 Å². The molecule has 1 N–H and O–H groups in total. The minimum Gasteiger partial charge on any atom is -0.501 e. The van der Waals surface area contributed by atoms with Crippen LogP contribution in [0.2, 0.25) is 0 Å². The largest absolute Gasteiger partial charge is 0.501 e. The van der Waals surface area contributed by atoms with Crippen LogP contribution in [0.3, 0.4) is 0 Å². The van der Waals surface area contributed by atoms with Gasteiger partial charge in [-0.1, -0.05) is 0 Å². The van der Waals surface area contributed by atoms with Crippen LogP contribution in [0, 0.1) is 0 Å². The van der Waals surface area contributed by atoms with E-state index < -0.39 is 5.97 Å².